The van der Waals surface area contributed by atoms with Gasteiger partial charge in [0.2, 0.25) is 10.0 Å². The lowest BCUT2D eigenvalue weighted by Crippen LogP contribution is -2.23. The van der Waals surface area contributed by atoms with Gasteiger partial charge in [-0.15, -0.1) is 0 Å². The Labute approximate surface area is 94.3 Å². The SMILES string of the molecule is NS(=O)(=O)CCNc1nc[nH]c(=O)c1Br. The fourth-order valence-corrected chi connectivity index (χ4v) is 1.56. The minimum Gasteiger partial charge on any atom is -0.368 e. The van der Waals surface area contributed by atoms with Crippen molar-refractivity contribution in [1.82, 2.24) is 9.97 Å². The van der Waals surface area contributed by atoms with E-state index in [1.807, 2.05) is 0 Å². The van der Waals surface area contributed by atoms with Crippen LogP contribution >= 0.6 is 15.9 Å². The van der Waals surface area contributed by atoms with E-state index >= 15 is 0 Å². The van der Waals surface area contributed by atoms with E-state index in [9.17, 15) is 13.2 Å². The summed E-state index contributed by atoms with van der Waals surface area (Å²) in [5.74, 6) is 0.0517. The summed E-state index contributed by atoms with van der Waals surface area (Å²) in [7, 11) is -3.51. The highest BCUT2D eigenvalue weighted by molar-refractivity contribution is 9.10. The molecule has 0 atom stereocenters. The number of halogens is 1. The van der Waals surface area contributed by atoms with Gasteiger partial charge < -0.3 is 10.3 Å². The van der Waals surface area contributed by atoms with E-state index in [4.69, 9.17) is 5.14 Å². The number of primary sulfonamides is 1. The zero-order chi connectivity index (χ0) is 11.5. The van der Waals surface area contributed by atoms with Gasteiger partial charge >= 0.3 is 0 Å². The van der Waals surface area contributed by atoms with E-state index < -0.39 is 10.0 Å². The third-order valence-corrected chi connectivity index (χ3v) is 2.98. The van der Waals surface area contributed by atoms with Gasteiger partial charge in [0.25, 0.3) is 5.56 Å². The van der Waals surface area contributed by atoms with Gasteiger partial charge in [-0.05, 0) is 15.9 Å². The topological polar surface area (TPSA) is 118 Å². The Morgan fingerprint density at radius 3 is 2.87 bits per heavy atom. The Kier molecular flexibility index (Phi) is 3.83. The van der Waals surface area contributed by atoms with Gasteiger partial charge in [-0.25, -0.2) is 18.5 Å². The van der Waals surface area contributed by atoms with Crippen LogP contribution in [-0.4, -0.2) is 30.7 Å². The first-order chi connectivity index (χ1) is 6.90. The molecule has 1 aromatic heterocycles. The summed E-state index contributed by atoms with van der Waals surface area (Å²) < 4.78 is 21.4. The molecule has 0 saturated carbocycles. The Hall–Kier alpha value is -0.930. The summed E-state index contributed by atoms with van der Waals surface area (Å²) in [5.41, 5.74) is -0.344. The quantitative estimate of drug-likeness (QED) is 0.674. The maximum atomic E-state index is 11.1. The maximum absolute atomic E-state index is 11.1. The monoisotopic (exact) mass is 296 g/mol. The van der Waals surface area contributed by atoms with Gasteiger partial charge in [-0.2, -0.15) is 0 Å². The zero-order valence-corrected chi connectivity index (χ0v) is 9.93. The lowest BCUT2D eigenvalue weighted by molar-refractivity contribution is 0.598. The van der Waals surface area contributed by atoms with Gasteiger partial charge in [0.05, 0.1) is 12.1 Å². The van der Waals surface area contributed by atoms with Gasteiger partial charge in [-0.1, -0.05) is 0 Å². The molecule has 0 aliphatic heterocycles. The predicted molar refractivity (Wildman–Crippen MR) is 59.0 cm³/mol. The molecule has 7 nitrogen and oxygen atoms in total. The summed E-state index contributed by atoms with van der Waals surface area (Å²) >= 11 is 3.01. The molecule has 0 aliphatic carbocycles. The minimum atomic E-state index is -3.51. The molecule has 0 amide bonds. The first-order valence-corrected chi connectivity index (χ1v) is 6.38. The highest BCUT2D eigenvalue weighted by atomic mass is 79.9. The number of hydrogen-bond acceptors (Lipinski definition) is 5. The fourth-order valence-electron chi connectivity index (χ4n) is 0.818. The number of rotatable bonds is 4. The van der Waals surface area contributed by atoms with E-state index in [1.54, 1.807) is 0 Å². The van der Waals surface area contributed by atoms with Crippen LogP contribution in [0, 0.1) is 0 Å². The van der Waals surface area contributed by atoms with Crippen LogP contribution in [0.5, 0.6) is 0 Å². The number of anilines is 1. The molecule has 0 bridgehead atoms. The van der Waals surface area contributed by atoms with Crippen molar-refractivity contribution in [2.45, 2.75) is 0 Å². The van der Waals surface area contributed by atoms with Crippen LogP contribution in [0.4, 0.5) is 5.82 Å². The van der Waals surface area contributed by atoms with Crippen LogP contribution in [0.15, 0.2) is 15.6 Å². The van der Waals surface area contributed by atoms with E-state index in [0.29, 0.717) is 0 Å². The van der Waals surface area contributed by atoms with Crippen molar-refractivity contribution < 1.29 is 8.42 Å². The summed E-state index contributed by atoms with van der Waals surface area (Å²) in [6.07, 6.45) is 1.21. The Balaban J connectivity index is 2.67. The number of aromatic nitrogens is 2. The van der Waals surface area contributed by atoms with E-state index in [0.717, 1.165) is 0 Å². The molecule has 0 unspecified atom stereocenters. The zero-order valence-electron chi connectivity index (χ0n) is 7.53. The number of nitrogens with zero attached hydrogens (tertiary/aromatic N) is 1. The Morgan fingerprint density at radius 2 is 2.27 bits per heavy atom. The summed E-state index contributed by atoms with van der Waals surface area (Å²) in [5, 5.41) is 7.47. The number of nitrogens with two attached hydrogens (primary N) is 1. The minimum absolute atomic E-state index is 0.0912. The van der Waals surface area contributed by atoms with Crippen LogP contribution in [0.3, 0.4) is 0 Å². The molecule has 1 heterocycles. The molecule has 0 radical (unpaired) electrons. The molecule has 9 heteroatoms. The standard InChI is InChI=1S/C6H9BrN4O3S/c7-4-5(10-3-11-6(4)12)9-1-2-15(8,13)14/h3H,1-2H2,(H2,8,13,14)(H2,9,10,11,12). The van der Waals surface area contributed by atoms with Crippen molar-refractivity contribution in [2.24, 2.45) is 5.14 Å². The second kappa shape index (κ2) is 4.73. The summed E-state index contributed by atoms with van der Waals surface area (Å²) in [4.78, 5) is 17.2. The van der Waals surface area contributed by atoms with Crippen molar-refractivity contribution in [1.29, 1.82) is 0 Å². The highest BCUT2D eigenvalue weighted by Gasteiger charge is 2.06. The van der Waals surface area contributed by atoms with E-state index in [-0.39, 0.29) is 28.1 Å². The second-order valence-electron chi connectivity index (χ2n) is 2.69. The predicted octanol–water partition coefficient (Wildman–Crippen LogP) is -0.767. The smallest absolute Gasteiger partial charge is 0.267 e. The first-order valence-electron chi connectivity index (χ1n) is 3.87. The average Bonchev–Trinajstić information content (AvgIpc) is 2.10. The Morgan fingerprint density at radius 1 is 1.60 bits per heavy atom. The third kappa shape index (κ3) is 3.98. The molecule has 84 valence electrons. The van der Waals surface area contributed by atoms with Crippen molar-refractivity contribution >= 4 is 31.8 Å². The lowest BCUT2D eigenvalue weighted by Gasteiger charge is -2.04. The fraction of sp³-hybridized carbons (Fsp3) is 0.333. The molecular formula is C6H9BrN4O3S. The molecule has 15 heavy (non-hydrogen) atoms. The van der Waals surface area contributed by atoms with Crippen molar-refractivity contribution in [3.63, 3.8) is 0 Å². The van der Waals surface area contributed by atoms with Gasteiger partial charge in [-0.3, -0.25) is 4.79 Å². The number of nitrogens with one attached hydrogen (secondary N) is 2. The molecular weight excluding hydrogens is 288 g/mol. The van der Waals surface area contributed by atoms with Crippen molar-refractivity contribution in [2.75, 3.05) is 17.6 Å². The van der Waals surface area contributed by atoms with Crippen LogP contribution in [-0.2, 0) is 10.0 Å². The molecule has 0 spiro atoms. The molecule has 0 aliphatic rings. The average molecular weight is 297 g/mol. The Bertz CT molecular complexity index is 497. The van der Waals surface area contributed by atoms with E-state index in [1.165, 1.54) is 6.33 Å². The van der Waals surface area contributed by atoms with Gasteiger partial charge in [0.15, 0.2) is 0 Å². The van der Waals surface area contributed by atoms with Crippen LogP contribution < -0.4 is 16.0 Å². The summed E-state index contributed by atoms with van der Waals surface area (Å²) in [6.45, 7) is 0.0912. The molecule has 0 aromatic carbocycles. The van der Waals surface area contributed by atoms with Crippen molar-refractivity contribution in [3.05, 3.63) is 21.2 Å². The largest absolute Gasteiger partial charge is 0.368 e. The third-order valence-electron chi connectivity index (χ3n) is 1.48. The van der Waals surface area contributed by atoms with Crippen LogP contribution in [0.25, 0.3) is 0 Å². The van der Waals surface area contributed by atoms with Crippen LogP contribution in [0.1, 0.15) is 0 Å². The molecule has 1 rings (SSSR count). The number of H-pyrrole nitrogens is 1. The number of hydrogen-bond donors (Lipinski definition) is 3. The highest BCUT2D eigenvalue weighted by Crippen LogP contribution is 2.12. The number of sulfonamides is 1. The van der Waals surface area contributed by atoms with Crippen molar-refractivity contribution in [3.8, 4) is 0 Å². The van der Waals surface area contributed by atoms with Gasteiger partial charge in [0, 0.05) is 6.54 Å². The normalized spacial score (nSPS) is 11.3. The maximum Gasteiger partial charge on any atom is 0.267 e. The second-order valence-corrected chi connectivity index (χ2v) is 5.21. The molecule has 0 saturated heterocycles. The summed E-state index contributed by atoms with van der Waals surface area (Å²) in [6, 6.07) is 0. The molecule has 1 aromatic rings. The molecule has 4 N–H and O–H groups in total. The van der Waals surface area contributed by atoms with Gasteiger partial charge in [0.1, 0.15) is 10.3 Å². The number of aromatic amines is 1. The van der Waals surface area contributed by atoms with E-state index in [2.05, 4.69) is 31.2 Å². The first kappa shape index (κ1) is 12.1. The van der Waals surface area contributed by atoms with Crippen LogP contribution in [0.2, 0.25) is 0 Å². The molecule has 0 fully saturated rings. The lowest BCUT2D eigenvalue weighted by atomic mass is 10.5.